The molecule has 8 atom stereocenters. The van der Waals surface area contributed by atoms with Gasteiger partial charge in [-0.3, -0.25) is 0 Å². The summed E-state index contributed by atoms with van der Waals surface area (Å²) < 4.78 is 6.34. The first kappa shape index (κ1) is 24.7. The van der Waals surface area contributed by atoms with E-state index in [0.29, 0.717) is 36.7 Å². The zero-order valence-corrected chi connectivity index (χ0v) is 21.9. The SMILES string of the molecule is CN(C)CCCOC1CC[C@@]2(C)C(CC[C@@H]3[C@H]2CC[C@]2(C)C(O)(c4ccccc4)CC[C@@]32O)C1. The second-order valence-electron chi connectivity index (χ2n) is 12.9. The van der Waals surface area contributed by atoms with E-state index in [9.17, 15) is 10.2 Å². The summed E-state index contributed by atoms with van der Waals surface area (Å²) in [6, 6.07) is 10.2. The highest BCUT2D eigenvalue weighted by Crippen LogP contribution is 2.71. The monoisotopic (exact) mass is 469 g/mol. The molecule has 3 unspecified atom stereocenters. The van der Waals surface area contributed by atoms with Crippen LogP contribution in [0.25, 0.3) is 0 Å². The molecule has 4 nitrogen and oxygen atoms in total. The first-order valence-corrected chi connectivity index (χ1v) is 13.9. The molecule has 4 aliphatic rings. The third kappa shape index (κ3) is 3.62. The molecular weight excluding hydrogens is 422 g/mol. The summed E-state index contributed by atoms with van der Waals surface area (Å²) in [5.41, 5.74) is -0.939. The second kappa shape index (κ2) is 8.87. The lowest BCUT2D eigenvalue weighted by Gasteiger charge is -2.64. The Hall–Kier alpha value is -0.940. The average molecular weight is 470 g/mol. The van der Waals surface area contributed by atoms with Crippen molar-refractivity contribution in [3.8, 4) is 0 Å². The maximum atomic E-state index is 12.4. The summed E-state index contributed by atoms with van der Waals surface area (Å²) in [6.07, 6.45) is 10.8. The molecule has 0 aromatic heterocycles. The number of benzene rings is 1. The van der Waals surface area contributed by atoms with E-state index >= 15 is 0 Å². The number of hydrogen-bond donors (Lipinski definition) is 2. The van der Waals surface area contributed by atoms with Gasteiger partial charge >= 0.3 is 0 Å². The molecule has 4 fully saturated rings. The molecule has 1 aromatic carbocycles. The highest BCUT2D eigenvalue weighted by Gasteiger charge is 2.71. The summed E-state index contributed by atoms with van der Waals surface area (Å²) in [6.45, 7) is 6.68. The molecule has 0 spiro atoms. The molecule has 34 heavy (non-hydrogen) atoms. The maximum Gasteiger partial charge on any atom is 0.0978 e. The zero-order valence-electron chi connectivity index (χ0n) is 21.9. The van der Waals surface area contributed by atoms with E-state index in [1.165, 1.54) is 19.3 Å². The Labute approximate surface area is 207 Å². The molecule has 4 heteroatoms. The minimum absolute atomic E-state index is 0.289. The zero-order chi connectivity index (χ0) is 24.2. The van der Waals surface area contributed by atoms with Gasteiger partial charge in [0.2, 0.25) is 0 Å². The van der Waals surface area contributed by atoms with E-state index in [1.807, 2.05) is 18.2 Å². The van der Waals surface area contributed by atoms with Crippen LogP contribution < -0.4 is 0 Å². The normalized spacial score (nSPS) is 46.1. The van der Waals surface area contributed by atoms with Crippen LogP contribution in [-0.2, 0) is 10.3 Å². The molecular formula is C30H47NO3. The molecule has 1 aromatic rings. The predicted octanol–water partition coefficient (Wildman–Crippen LogP) is 5.37. The maximum absolute atomic E-state index is 12.4. The van der Waals surface area contributed by atoms with Gasteiger partial charge in [-0.2, -0.15) is 0 Å². The van der Waals surface area contributed by atoms with Crippen LogP contribution in [0, 0.1) is 28.6 Å². The summed E-state index contributed by atoms with van der Waals surface area (Å²) in [5.74, 6) is 1.55. The summed E-state index contributed by atoms with van der Waals surface area (Å²) in [5, 5.41) is 24.5. The molecule has 0 saturated heterocycles. The van der Waals surface area contributed by atoms with E-state index in [1.54, 1.807) is 0 Å². The van der Waals surface area contributed by atoms with Gasteiger partial charge < -0.3 is 19.8 Å². The first-order chi connectivity index (χ1) is 16.1. The number of hydrogen-bond acceptors (Lipinski definition) is 4. The third-order valence-corrected chi connectivity index (χ3v) is 11.3. The summed E-state index contributed by atoms with van der Waals surface area (Å²) in [4.78, 5) is 2.23. The van der Waals surface area contributed by atoms with Crippen molar-refractivity contribution in [2.45, 2.75) is 95.4 Å². The van der Waals surface area contributed by atoms with Crippen LogP contribution in [0.3, 0.4) is 0 Å². The van der Waals surface area contributed by atoms with Gasteiger partial charge in [0.05, 0.1) is 17.3 Å². The smallest absolute Gasteiger partial charge is 0.0978 e. The predicted molar refractivity (Wildman–Crippen MR) is 136 cm³/mol. The molecule has 0 heterocycles. The molecule has 0 aliphatic heterocycles. The van der Waals surface area contributed by atoms with Crippen molar-refractivity contribution in [1.29, 1.82) is 0 Å². The molecule has 0 amide bonds. The lowest BCUT2D eigenvalue weighted by Crippen LogP contribution is -2.64. The minimum Gasteiger partial charge on any atom is -0.389 e. The lowest BCUT2D eigenvalue weighted by molar-refractivity contribution is -0.239. The van der Waals surface area contributed by atoms with Gasteiger partial charge in [0.1, 0.15) is 0 Å². The molecule has 4 saturated carbocycles. The Morgan fingerprint density at radius 3 is 2.41 bits per heavy atom. The largest absolute Gasteiger partial charge is 0.389 e. The molecule has 4 aliphatic carbocycles. The Morgan fingerprint density at radius 2 is 1.68 bits per heavy atom. The fourth-order valence-electron chi connectivity index (χ4n) is 9.16. The van der Waals surface area contributed by atoms with E-state index in [4.69, 9.17) is 4.74 Å². The topological polar surface area (TPSA) is 52.9 Å². The van der Waals surface area contributed by atoms with Gasteiger partial charge in [-0.25, -0.2) is 0 Å². The standard InChI is InChI=1S/C30H47NO3/c1-27-15-13-24(34-20-8-19-31(3)4)21-23(27)11-12-26-25(27)14-16-28(2)29(32,17-18-30(26,28)33)22-9-6-5-7-10-22/h5-7,9-10,23-26,32-33H,8,11-21H2,1-4H3/t23?,24?,25-,26-,27+,28-,29?,30-/m1/s1. The Bertz CT molecular complexity index is 860. The fourth-order valence-corrected chi connectivity index (χ4v) is 9.16. The molecule has 2 N–H and O–H groups in total. The van der Waals surface area contributed by atoms with Crippen molar-refractivity contribution < 1.29 is 14.9 Å². The van der Waals surface area contributed by atoms with Gasteiger partial charge in [0.25, 0.3) is 0 Å². The molecule has 5 rings (SSSR count). The van der Waals surface area contributed by atoms with Crippen molar-refractivity contribution in [3.05, 3.63) is 35.9 Å². The van der Waals surface area contributed by atoms with Crippen LogP contribution in [0.2, 0.25) is 0 Å². The van der Waals surface area contributed by atoms with Crippen LogP contribution in [0.1, 0.15) is 83.6 Å². The minimum atomic E-state index is -0.941. The summed E-state index contributed by atoms with van der Waals surface area (Å²) >= 11 is 0. The molecule has 0 radical (unpaired) electrons. The Kier molecular flexibility index (Phi) is 6.45. The van der Waals surface area contributed by atoms with Crippen LogP contribution in [0.4, 0.5) is 0 Å². The van der Waals surface area contributed by atoms with E-state index < -0.39 is 16.6 Å². The average Bonchev–Trinajstić information content (AvgIpc) is 3.05. The Morgan fingerprint density at radius 1 is 0.912 bits per heavy atom. The van der Waals surface area contributed by atoms with Gasteiger partial charge in [0.15, 0.2) is 0 Å². The number of rotatable bonds is 6. The van der Waals surface area contributed by atoms with Gasteiger partial charge in [0, 0.05) is 12.0 Å². The molecule has 190 valence electrons. The first-order valence-electron chi connectivity index (χ1n) is 13.9. The van der Waals surface area contributed by atoms with Gasteiger partial charge in [-0.15, -0.1) is 0 Å². The van der Waals surface area contributed by atoms with Crippen LogP contribution in [0.15, 0.2) is 30.3 Å². The fraction of sp³-hybridized carbons (Fsp3) is 0.800. The van der Waals surface area contributed by atoms with E-state index in [0.717, 1.165) is 50.8 Å². The van der Waals surface area contributed by atoms with E-state index in [-0.39, 0.29) is 5.41 Å². The van der Waals surface area contributed by atoms with Crippen molar-refractivity contribution in [3.63, 3.8) is 0 Å². The second-order valence-corrected chi connectivity index (χ2v) is 12.9. The summed E-state index contributed by atoms with van der Waals surface area (Å²) in [7, 11) is 4.25. The van der Waals surface area contributed by atoms with Gasteiger partial charge in [-0.05, 0) is 114 Å². The van der Waals surface area contributed by atoms with Crippen LogP contribution >= 0.6 is 0 Å². The van der Waals surface area contributed by atoms with Crippen molar-refractivity contribution in [2.24, 2.45) is 28.6 Å². The molecule has 0 bridgehead atoms. The van der Waals surface area contributed by atoms with E-state index in [2.05, 4.69) is 45.0 Å². The number of ether oxygens (including phenoxy) is 1. The van der Waals surface area contributed by atoms with Gasteiger partial charge in [-0.1, -0.05) is 44.2 Å². The number of nitrogens with zero attached hydrogens (tertiary/aromatic N) is 1. The third-order valence-electron chi connectivity index (χ3n) is 11.3. The Balaban J connectivity index is 1.32. The highest BCUT2D eigenvalue weighted by molar-refractivity contribution is 5.32. The number of aliphatic hydroxyl groups is 2. The van der Waals surface area contributed by atoms with Crippen molar-refractivity contribution in [2.75, 3.05) is 27.2 Å². The van der Waals surface area contributed by atoms with Crippen molar-refractivity contribution in [1.82, 2.24) is 4.90 Å². The lowest BCUT2D eigenvalue weighted by atomic mass is 9.43. The van der Waals surface area contributed by atoms with Crippen LogP contribution in [0.5, 0.6) is 0 Å². The number of fused-ring (bicyclic) bond motifs is 5. The van der Waals surface area contributed by atoms with Crippen LogP contribution in [-0.4, -0.2) is 54.1 Å². The van der Waals surface area contributed by atoms with Crippen molar-refractivity contribution >= 4 is 0 Å². The highest BCUT2D eigenvalue weighted by atomic mass is 16.5. The quantitative estimate of drug-likeness (QED) is 0.550.